The fourth-order valence-corrected chi connectivity index (χ4v) is 2.37. The fraction of sp³-hybridized carbons (Fsp3) is 0.462. The van der Waals surface area contributed by atoms with Gasteiger partial charge in [-0.15, -0.1) is 0 Å². The molecule has 0 spiro atoms. The SMILES string of the molecule is CN(C(=O)C1CN(C(=O)O)C1)C(c1ccc(N)cn1)C(F)(F)F. The zero-order valence-electron chi connectivity index (χ0n) is 12.1. The van der Waals surface area contributed by atoms with Crippen molar-refractivity contribution < 1.29 is 27.9 Å². The average molecular weight is 332 g/mol. The first kappa shape index (κ1) is 16.8. The molecule has 10 heteroatoms. The number of nitrogens with two attached hydrogens (primary N) is 1. The number of hydrogen-bond donors (Lipinski definition) is 2. The highest BCUT2D eigenvalue weighted by Crippen LogP contribution is 2.37. The minimum absolute atomic E-state index is 0.113. The lowest BCUT2D eigenvalue weighted by atomic mass is 9.98. The van der Waals surface area contributed by atoms with Gasteiger partial charge in [-0.05, 0) is 12.1 Å². The van der Waals surface area contributed by atoms with Crippen molar-refractivity contribution >= 4 is 17.7 Å². The first-order valence-corrected chi connectivity index (χ1v) is 6.64. The average Bonchev–Trinajstić information content (AvgIpc) is 2.37. The molecular formula is C13H15F3N4O3. The van der Waals surface area contributed by atoms with E-state index in [1.807, 2.05) is 0 Å². The Kier molecular flexibility index (Phi) is 4.35. The zero-order chi connectivity index (χ0) is 17.4. The van der Waals surface area contributed by atoms with E-state index < -0.39 is 30.1 Å². The lowest BCUT2D eigenvalue weighted by molar-refractivity contribution is -0.193. The van der Waals surface area contributed by atoms with Gasteiger partial charge in [0.1, 0.15) is 0 Å². The number of likely N-dealkylation sites (tertiary alicyclic amines) is 1. The number of alkyl halides is 3. The minimum atomic E-state index is -4.72. The smallest absolute Gasteiger partial charge is 0.414 e. The molecule has 2 amide bonds. The molecule has 1 aliphatic heterocycles. The van der Waals surface area contributed by atoms with Crippen LogP contribution in [0.4, 0.5) is 23.7 Å². The van der Waals surface area contributed by atoms with Crippen LogP contribution in [0.1, 0.15) is 11.7 Å². The number of carboxylic acid groups (broad SMARTS) is 1. The highest BCUT2D eigenvalue weighted by molar-refractivity contribution is 5.82. The van der Waals surface area contributed by atoms with Gasteiger partial charge in [-0.2, -0.15) is 13.2 Å². The summed E-state index contributed by atoms with van der Waals surface area (Å²) in [7, 11) is 1.03. The van der Waals surface area contributed by atoms with E-state index in [1.165, 1.54) is 6.07 Å². The third-order valence-electron chi connectivity index (χ3n) is 3.64. The second-order valence-corrected chi connectivity index (χ2v) is 5.29. The number of rotatable bonds is 3. The number of anilines is 1. The summed E-state index contributed by atoms with van der Waals surface area (Å²) in [5.74, 6) is -1.56. The minimum Gasteiger partial charge on any atom is -0.465 e. The maximum absolute atomic E-state index is 13.3. The van der Waals surface area contributed by atoms with Gasteiger partial charge in [-0.25, -0.2) is 4.79 Å². The van der Waals surface area contributed by atoms with E-state index in [0.717, 1.165) is 24.2 Å². The summed E-state index contributed by atoms with van der Waals surface area (Å²) in [6.07, 6.45) is -4.84. The van der Waals surface area contributed by atoms with Crippen molar-refractivity contribution in [2.24, 2.45) is 5.92 Å². The van der Waals surface area contributed by atoms with Crippen molar-refractivity contribution in [2.75, 3.05) is 25.9 Å². The molecule has 1 unspecified atom stereocenters. The Morgan fingerprint density at radius 1 is 1.43 bits per heavy atom. The van der Waals surface area contributed by atoms with Gasteiger partial charge in [-0.1, -0.05) is 0 Å². The Hall–Kier alpha value is -2.52. The van der Waals surface area contributed by atoms with Gasteiger partial charge in [0.2, 0.25) is 5.91 Å². The number of aromatic nitrogens is 1. The molecular weight excluding hydrogens is 317 g/mol. The number of pyridine rings is 1. The van der Waals surface area contributed by atoms with Gasteiger partial charge >= 0.3 is 12.3 Å². The molecule has 0 saturated carbocycles. The van der Waals surface area contributed by atoms with Crippen LogP contribution in [0.3, 0.4) is 0 Å². The summed E-state index contributed by atoms with van der Waals surface area (Å²) in [4.78, 5) is 28.0. The van der Waals surface area contributed by atoms with Crippen LogP contribution in [0.15, 0.2) is 18.3 Å². The Balaban J connectivity index is 2.18. The first-order valence-electron chi connectivity index (χ1n) is 6.64. The van der Waals surface area contributed by atoms with Crippen LogP contribution in [-0.4, -0.2) is 58.2 Å². The van der Waals surface area contributed by atoms with E-state index in [9.17, 15) is 22.8 Å². The predicted octanol–water partition coefficient (Wildman–Crippen LogP) is 1.34. The molecule has 23 heavy (non-hydrogen) atoms. The number of amides is 2. The van der Waals surface area contributed by atoms with E-state index in [2.05, 4.69) is 4.98 Å². The predicted molar refractivity (Wildman–Crippen MR) is 73.3 cm³/mol. The molecule has 0 aliphatic carbocycles. The van der Waals surface area contributed by atoms with E-state index in [1.54, 1.807) is 0 Å². The van der Waals surface area contributed by atoms with Crippen LogP contribution in [0.5, 0.6) is 0 Å². The molecule has 126 valence electrons. The van der Waals surface area contributed by atoms with Crippen molar-refractivity contribution in [1.82, 2.24) is 14.8 Å². The second kappa shape index (κ2) is 5.94. The largest absolute Gasteiger partial charge is 0.465 e. The maximum atomic E-state index is 13.3. The van der Waals surface area contributed by atoms with Crippen LogP contribution in [0.2, 0.25) is 0 Å². The monoisotopic (exact) mass is 332 g/mol. The molecule has 7 nitrogen and oxygen atoms in total. The second-order valence-electron chi connectivity index (χ2n) is 5.29. The standard InChI is InChI=1S/C13H15F3N4O3/c1-19(11(21)7-5-20(6-7)12(22)23)10(13(14,15)16)9-3-2-8(17)4-18-9/h2-4,7,10H,5-6,17H2,1H3,(H,22,23). The normalized spacial score (nSPS) is 16.6. The molecule has 2 rings (SSSR count). The van der Waals surface area contributed by atoms with Gasteiger partial charge in [0.25, 0.3) is 0 Å². The molecule has 1 saturated heterocycles. The van der Waals surface area contributed by atoms with Crippen LogP contribution < -0.4 is 5.73 Å². The first-order chi connectivity index (χ1) is 10.6. The quantitative estimate of drug-likeness (QED) is 0.870. The number of nitrogens with zero attached hydrogens (tertiary/aromatic N) is 3. The zero-order valence-corrected chi connectivity index (χ0v) is 12.1. The number of halogens is 3. The van der Waals surface area contributed by atoms with E-state index in [4.69, 9.17) is 10.8 Å². The molecule has 0 radical (unpaired) electrons. The fourth-order valence-electron chi connectivity index (χ4n) is 2.37. The lowest BCUT2D eigenvalue weighted by Gasteiger charge is -2.40. The molecule has 3 N–H and O–H groups in total. The summed E-state index contributed by atoms with van der Waals surface area (Å²) in [6.45, 7) is -0.226. The Labute approximate surface area is 129 Å². The Morgan fingerprint density at radius 2 is 2.04 bits per heavy atom. The van der Waals surface area contributed by atoms with Gasteiger partial charge in [-0.3, -0.25) is 9.78 Å². The highest BCUT2D eigenvalue weighted by atomic mass is 19.4. The molecule has 1 atom stereocenters. The summed E-state index contributed by atoms with van der Waals surface area (Å²) in [5.41, 5.74) is 5.27. The molecule has 1 aliphatic rings. The number of carbonyl (C=O) groups excluding carboxylic acids is 1. The topological polar surface area (TPSA) is 99.8 Å². The molecule has 1 aromatic heterocycles. The Bertz CT molecular complexity index is 599. The van der Waals surface area contributed by atoms with Crippen LogP contribution >= 0.6 is 0 Å². The molecule has 2 heterocycles. The van der Waals surface area contributed by atoms with Crippen molar-refractivity contribution in [3.05, 3.63) is 24.0 Å². The summed E-state index contributed by atoms with van der Waals surface area (Å²) in [5, 5.41) is 8.71. The van der Waals surface area contributed by atoms with Crippen LogP contribution in [-0.2, 0) is 4.79 Å². The summed E-state index contributed by atoms with van der Waals surface area (Å²) >= 11 is 0. The molecule has 0 aromatic carbocycles. The van der Waals surface area contributed by atoms with Crippen molar-refractivity contribution in [1.29, 1.82) is 0 Å². The van der Waals surface area contributed by atoms with Crippen LogP contribution in [0.25, 0.3) is 0 Å². The van der Waals surface area contributed by atoms with Gasteiger partial charge in [0.05, 0.1) is 23.5 Å². The van der Waals surface area contributed by atoms with Crippen molar-refractivity contribution in [2.45, 2.75) is 12.2 Å². The van der Waals surface area contributed by atoms with Crippen LogP contribution in [0, 0.1) is 5.92 Å². The molecule has 0 bridgehead atoms. The Morgan fingerprint density at radius 3 is 2.48 bits per heavy atom. The van der Waals surface area contributed by atoms with E-state index >= 15 is 0 Å². The van der Waals surface area contributed by atoms with Gasteiger partial charge < -0.3 is 20.6 Å². The van der Waals surface area contributed by atoms with Gasteiger partial charge in [0, 0.05) is 20.1 Å². The summed E-state index contributed by atoms with van der Waals surface area (Å²) in [6, 6.07) is 0.172. The van der Waals surface area contributed by atoms with Crippen molar-refractivity contribution in [3.63, 3.8) is 0 Å². The number of nitrogen functional groups attached to an aromatic ring is 1. The number of carbonyl (C=O) groups is 2. The maximum Gasteiger partial charge on any atom is 0.414 e. The number of hydrogen-bond acceptors (Lipinski definition) is 4. The van der Waals surface area contributed by atoms with Crippen molar-refractivity contribution in [3.8, 4) is 0 Å². The van der Waals surface area contributed by atoms with E-state index in [0.29, 0.717) is 4.90 Å². The van der Waals surface area contributed by atoms with Gasteiger partial charge in [0.15, 0.2) is 6.04 Å². The lowest BCUT2D eigenvalue weighted by Crippen LogP contribution is -2.56. The third-order valence-corrected chi connectivity index (χ3v) is 3.64. The summed E-state index contributed by atoms with van der Waals surface area (Å²) < 4.78 is 40.0. The molecule has 1 aromatic rings. The molecule has 1 fully saturated rings. The highest BCUT2D eigenvalue weighted by Gasteiger charge is 2.48. The third kappa shape index (κ3) is 3.46. The van der Waals surface area contributed by atoms with E-state index in [-0.39, 0.29) is 24.5 Å².